The highest BCUT2D eigenvalue weighted by Crippen LogP contribution is -0.380. The quantitative estimate of drug-likeness (QED) is 0.369. The molecule has 0 aliphatic carbocycles. The van der Waals surface area contributed by atoms with Crippen molar-refractivity contribution in [3.63, 3.8) is 0 Å². The Morgan fingerprint density at radius 3 is 0.500 bits per heavy atom. The van der Waals surface area contributed by atoms with Gasteiger partial charge in [0.2, 0.25) is 0 Å². The molecule has 0 spiro atoms. The van der Waals surface area contributed by atoms with Crippen LogP contribution in [0.15, 0.2) is 0 Å². The molecule has 0 saturated heterocycles. The molecule has 0 aliphatic heterocycles. The summed E-state index contributed by atoms with van der Waals surface area (Å²) in [5, 5.41) is 0. The van der Waals surface area contributed by atoms with Gasteiger partial charge >= 0.3 is 0 Å². The molecule has 0 rings (SSSR count). The summed E-state index contributed by atoms with van der Waals surface area (Å²) >= 11 is 0. The zero-order valence-electron chi connectivity index (χ0n) is 2.57. The van der Waals surface area contributed by atoms with E-state index >= 15 is 0 Å². The second-order valence-corrected chi connectivity index (χ2v) is 0. The Morgan fingerprint density at radius 1 is 0.500 bits per heavy atom. The van der Waals surface area contributed by atoms with Gasteiger partial charge in [0, 0.05) is 16.8 Å². The van der Waals surface area contributed by atoms with Crippen LogP contribution in [0.4, 0.5) is 0 Å². The highest BCUT2D eigenvalue weighted by Gasteiger charge is 0.00101. The molecule has 0 heterocycles. The van der Waals surface area contributed by atoms with E-state index in [9.17, 15) is 0 Å². The summed E-state index contributed by atoms with van der Waals surface area (Å²) in [6.45, 7) is 0. The molecule has 0 bridgehead atoms. The first-order valence-corrected chi connectivity index (χ1v) is 0. The summed E-state index contributed by atoms with van der Waals surface area (Å²) in [5.74, 6) is 0. The minimum atomic E-state index is 0. The Labute approximate surface area is 30.3 Å². The van der Waals surface area contributed by atoms with Crippen molar-refractivity contribution in [1.82, 2.24) is 12.3 Å². The van der Waals surface area contributed by atoms with E-state index in [2.05, 4.69) is 0 Å². The minimum Gasteiger partial charge on any atom is -0.344 e. The topological polar surface area (TPSA) is 70.0 Å². The Hall–Kier alpha value is 0.0499. The van der Waals surface area contributed by atoms with Crippen LogP contribution in [0.2, 0.25) is 0 Å². The molecule has 0 saturated carbocycles. The van der Waals surface area contributed by atoms with Gasteiger partial charge < -0.3 is 12.3 Å². The van der Waals surface area contributed by atoms with E-state index in [0.717, 1.165) is 0 Å². The second-order valence-electron chi connectivity index (χ2n) is 0. The molecule has 0 amide bonds. The SMILES string of the molecule is N.N.[B].[B]. The van der Waals surface area contributed by atoms with E-state index < -0.39 is 0 Å². The molecule has 4 heteroatoms. The fraction of sp³-hybridized carbons (Fsp3) is 0. The van der Waals surface area contributed by atoms with Gasteiger partial charge in [-0.1, -0.05) is 0 Å². The Balaban J connectivity index is 0. The number of rotatable bonds is 0. The summed E-state index contributed by atoms with van der Waals surface area (Å²) in [6.07, 6.45) is 0. The summed E-state index contributed by atoms with van der Waals surface area (Å²) in [6, 6.07) is 0. The van der Waals surface area contributed by atoms with Crippen LogP contribution in [0.5, 0.6) is 0 Å². The smallest absolute Gasteiger partial charge is 0 e. The average molecular weight is 55.7 g/mol. The highest BCUT2D eigenvalue weighted by molar-refractivity contribution is 5.76. The van der Waals surface area contributed by atoms with Gasteiger partial charge in [0.15, 0.2) is 0 Å². The van der Waals surface area contributed by atoms with Crippen LogP contribution in [0.1, 0.15) is 0 Å². The van der Waals surface area contributed by atoms with E-state index in [1.165, 1.54) is 0 Å². The van der Waals surface area contributed by atoms with Gasteiger partial charge in [-0.05, 0) is 0 Å². The second kappa shape index (κ2) is 5150. The lowest BCUT2D eigenvalue weighted by atomic mass is 10.8. The van der Waals surface area contributed by atoms with Crippen molar-refractivity contribution in [2.75, 3.05) is 0 Å². The van der Waals surface area contributed by atoms with Gasteiger partial charge in [0.1, 0.15) is 0 Å². The van der Waals surface area contributed by atoms with E-state index in [0.29, 0.717) is 0 Å². The highest BCUT2D eigenvalue weighted by atomic mass is 14.0. The van der Waals surface area contributed by atoms with E-state index in [1.54, 1.807) is 0 Å². The third kappa shape index (κ3) is 908. The van der Waals surface area contributed by atoms with Crippen molar-refractivity contribution in [3.05, 3.63) is 0 Å². The van der Waals surface area contributed by atoms with Crippen molar-refractivity contribution in [3.8, 4) is 0 Å². The third-order valence-electron chi connectivity index (χ3n) is 0. The molecule has 0 aliphatic rings. The number of hydrogen-bond donors (Lipinski definition) is 2. The van der Waals surface area contributed by atoms with E-state index in [4.69, 9.17) is 0 Å². The third-order valence-corrected chi connectivity index (χ3v) is 0. The van der Waals surface area contributed by atoms with Crippen LogP contribution in [0.3, 0.4) is 0 Å². The van der Waals surface area contributed by atoms with Gasteiger partial charge in [-0.15, -0.1) is 0 Å². The van der Waals surface area contributed by atoms with Gasteiger partial charge in [-0.25, -0.2) is 0 Å². The first-order valence-electron chi connectivity index (χ1n) is 0. The molecule has 0 aromatic heterocycles. The van der Waals surface area contributed by atoms with Crippen LogP contribution in [0.25, 0.3) is 0 Å². The standard InChI is InChI=1S/2B.2H3N/h;;2*1H3. The molecule has 4 heavy (non-hydrogen) atoms. The maximum Gasteiger partial charge on any atom is 0 e. The minimum absolute atomic E-state index is 0. The maximum atomic E-state index is 0. The average Bonchev–Trinajstić information content (AvgIpc) is 0. The Kier molecular flexibility index (Phi) is 19500000. The van der Waals surface area contributed by atoms with Crippen molar-refractivity contribution in [2.45, 2.75) is 0 Å². The van der Waals surface area contributed by atoms with Crippen molar-refractivity contribution in [2.24, 2.45) is 0 Å². The van der Waals surface area contributed by atoms with Gasteiger partial charge in [-0.2, -0.15) is 0 Å². The van der Waals surface area contributed by atoms with Crippen LogP contribution < -0.4 is 12.3 Å². The molecular formula is H6B2N2. The molecule has 0 fully saturated rings. The molecule has 2 nitrogen and oxygen atoms in total. The molecule has 0 atom stereocenters. The predicted octanol–water partition coefficient (Wildman–Crippen LogP) is -0.438. The van der Waals surface area contributed by atoms with E-state index in [-0.39, 0.29) is 29.1 Å². The molecule has 0 aromatic carbocycles. The van der Waals surface area contributed by atoms with Crippen molar-refractivity contribution in [1.29, 1.82) is 0 Å². The summed E-state index contributed by atoms with van der Waals surface area (Å²) in [4.78, 5) is 0. The van der Waals surface area contributed by atoms with Gasteiger partial charge in [0.05, 0.1) is 0 Å². The van der Waals surface area contributed by atoms with Crippen LogP contribution in [-0.2, 0) is 0 Å². The van der Waals surface area contributed by atoms with Crippen molar-refractivity contribution < 1.29 is 0 Å². The normalized spacial score (nSPS) is 0. The lowest BCUT2D eigenvalue weighted by Crippen LogP contribution is -0.482. The first-order chi connectivity index (χ1) is 0. The summed E-state index contributed by atoms with van der Waals surface area (Å²) in [7, 11) is 0. The molecule has 6 radical (unpaired) electrons. The van der Waals surface area contributed by atoms with Crippen molar-refractivity contribution >= 4 is 16.8 Å². The van der Waals surface area contributed by atoms with Gasteiger partial charge in [-0.3, -0.25) is 0 Å². The van der Waals surface area contributed by atoms with E-state index in [1.807, 2.05) is 0 Å². The maximum absolute atomic E-state index is 0. The fourth-order valence-corrected chi connectivity index (χ4v) is 0. The van der Waals surface area contributed by atoms with Crippen LogP contribution in [-0.4, -0.2) is 16.8 Å². The lowest BCUT2D eigenvalue weighted by molar-refractivity contribution is 2.13. The first kappa shape index (κ1) is 15100. The summed E-state index contributed by atoms with van der Waals surface area (Å²) < 4.78 is 0. The molecule has 0 aromatic rings. The molecule has 6 N–H and O–H groups in total. The Bertz CT molecular complexity index is 4.00. The van der Waals surface area contributed by atoms with Crippen LogP contribution >= 0.6 is 0 Å². The molecule has 22 valence electrons. The zero-order valence-corrected chi connectivity index (χ0v) is 2.57. The molecule has 0 unspecified atom stereocenters. The fourth-order valence-electron chi connectivity index (χ4n) is 0. The zero-order chi connectivity index (χ0) is 0. The predicted molar refractivity (Wildman–Crippen MR) is 21.6 cm³/mol. The van der Waals surface area contributed by atoms with Gasteiger partial charge in [0.25, 0.3) is 0 Å². The lowest BCUT2D eigenvalue weighted by Gasteiger charge is -0.345. The largest absolute Gasteiger partial charge is 0.344 e. The van der Waals surface area contributed by atoms with Crippen LogP contribution in [0, 0.1) is 0 Å². The monoisotopic (exact) mass is 56.1 g/mol. The number of hydrogen-bond acceptors (Lipinski definition) is 2. The molecular weight excluding hydrogens is 49.6 g/mol. The Morgan fingerprint density at radius 2 is 0.500 bits per heavy atom. The summed E-state index contributed by atoms with van der Waals surface area (Å²) in [5.41, 5.74) is 0.